The van der Waals surface area contributed by atoms with Gasteiger partial charge in [-0.15, -0.1) is 10.2 Å². The van der Waals surface area contributed by atoms with E-state index in [-0.39, 0.29) is 19.0 Å². The molecule has 0 aliphatic rings. The molecule has 2 N–H and O–H groups in total. The van der Waals surface area contributed by atoms with E-state index in [0.717, 1.165) is 11.1 Å². The third kappa shape index (κ3) is 3.84. The molecular weight excluding hydrogens is 326 g/mol. The molecule has 0 saturated heterocycles. The Kier molecular flexibility index (Phi) is 4.68. The average molecular weight is 343 g/mol. The van der Waals surface area contributed by atoms with Crippen molar-refractivity contribution in [3.63, 3.8) is 0 Å². The summed E-state index contributed by atoms with van der Waals surface area (Å²) in [6.07, 6.45) is 0. The van der Waals surface area contributed by atoms with Gasteiger partial charge in [-0.2, -0.15) is 16.1 Å². The molecule has 0 bridgehead atoms. The number of aliphatic hydroxyl groups is 1. The number of nitrogens with zero attached hydrogens (tertiary/aromatic N) is 4. The summed E-state index contributed by atoms with van der Waals surface area (Å²) in [4.78, 5) is 13.3. The minimum atomic E-state index is -1.11. The van der Waals surface area contributed by atoms with E-state index in [2.05, 4.69) is 20.7 Å². The fourth-order valence-corrected chi connectivity index (χ4v) is 2.92. The SMILES string of the molecule is C[C@](O)(CNC(=O)Cn1nnc(-c2ccccc2)n1)c1ccsc1. The predicted molar refractivity (Wildman–Crippen MR) is 90.2 cm³/mol. The zero-order valence-electron chi connectivity index (χ0n) is 13.1. The van der Waals surface area contributed by atoms with Crippen LogP contribution in [0.25, 0.3) is 11.4 Å². The summed E-state index contributed by atoms with van der Waals surface area (Å²) in [5.41, 5.74) is 0.503. The summed E-state index contributed by atoms with van der Waals surface area (Å²) in [5, 5.41) is 28.8. The number of nitrogens with one attached hydrogen (secondary N) is 1. The average Bonchev–Trinajstić information content (AvgIpc) is 3.26. The first-order chi connectivity index (χ1) is 11.5. The first-order valence-corrected chi connectivity index (χ1v) is 8.34. The molecule has 0 aliphatic heterocycles. The van der Waals surface area contributed by atoms with Crippen molar-refractivity contribution in [3.05, 3.63) is 52.7 Å². The van der Waals surface area contributed by atoms with Crippen molar-refractivity contribution < 1.29 is 9.90 Å². The van der Waals surface area contributed by atoms with Crippen molar-refractivity contribution in [2.45, 2.75) is 19.1 Å². The fourth-order valence-electron chi connectivity index (χ4n) is 2.14. The van der Waals surface area contributed by atoms with E-state index >= 15 is 0 Å². The van der Waals surface area contributed by atoms with Crippen molar-refractivity contribution in [2.75, 3.05) is 6.54 Å². The summed E-state index contributed by atoms with van der Waals surface area (Å²) in [7, 11) is 0. The predicted octanol–water partition coefficient (Wildman–Crippen LogP) is 1.43. The Morgan fingerprint density at radius 3 is 2.83 bits per heavy atom. The minimum Gasteiger partial charge on any atom is -0.384 e. The number of aromatic nitrogens is 4. The van der Waals surface area contributed by atoms with Gasteiger partial charge in [-0.1, -0.05) is 30.3 Å². The molecule has 2 aromatic heterocycles. The summed E-state index contributed by atoms with van der Waals surface area (Å²) >= 11 is 1.50. The molecule has 0 saturated carbocycles. The number of amides is 1. The molecule has 0 aliphatic carbocycles. The summed E-state index contributed by atoms with van der Waals surface area (Å²) in [6, 6.07) is 11.3. The third-order valence-corrected chi connectivity index (χ3v) is 4.23. The summed E-state index contributed by atoms with van der Waals surface area (Å²) in [5.74, 6) is 0.177. The highest BCUT2D eigenvalue weighted by Crippen LogP contribution is 2.21. The molecule has 124 valence electrons. The maximum atomic E-state index is 12.0. The van der Waals surface area contributed by atoms with Gasteiger partial charge in [0.15, 0.2) is 0 Å². The lowest BCUT2D eigenvalue weighted by Gasteiger charge is -2.22. The molecule has 1 aromatic carbocycles. The van der Waals surface area contributed by atoms with Crippen LogP contribution in [0.15, 0.2) is 47.2 Å². The van der Waals surface area contributed by atoms with Gasteiger partial charge in [0, 0.05) is 5.56 Å². The van der Waals surface area contributed by atoms with Crippen LogP contribution in [0.5, 0.6) is 0 Å². The molecule has 2 heterocycles. The molecule has 1 amide bonds. The molecule has 0 unspecified atom stereocenters. The normalized spacial score (nSPS) is 13.4. The summed E-state index contributed by atoms with van der Waals surface area (Å²) in [6.45, 7) is 1.72. The van der Waals surface area contributed by atoms with Crippen molar-refractivity contribution in [1.82, 2.24) is 25.5 Å². The second kappa shape index (κ2) is 6.90. The number of hydrogen-bond donors (Lipinski definition) is 2. The van der Waals surface area contributed by atoms with E-state index in [1.165, 1.54) is 16.1 Å². The maximum Gasteiger partial charge on any atom is 0.243 e. The van der Waals surface area contributed by atoms with Crippen LogP contribution in [0, 0.1) is 0 Å². The van der Waals surface area contributed by atoms with Gasteiger partial charge in [0.25, 0.3) is 0 Å². The lowest BCUT2D eigenvalue weighted by atomic mass is 9.99. The molecule has 0 fully saturated rings. The maximum absolute atomic E-state index is 12.0. The van der Waals surface area contributed by atoms with Crippen LogP contribution >= 0.6 is 11.3 Å². The van der Waals surface area contributed by atoms with Crippen molar-refractivity contribution >= 4 is 17.2 Å². The van der Waals surface area contributed by atoms with Gasteiger partial charge in [0.05, 0.1) is 6.54 Å². The molecule has 3 rings (SSSR count). The standard InChI is InChI=1S/C16H17N5O2S/c1-16(23,13-7-8-24-10-13)11-17-14(22)9-21-19-15(18-20-21)12-5-3-2-4-6-12/h2-8,10,23H,9,11H2,1H3,(H,17,22)/t16-/m0/s1. The molecule has 0 spiro atoms. The molecule has 8 heteroatoms. The smallest absolute Gasteiger partial charge is 0.243 e. The zero-order chi connectivity index (χ0) is 17.0. The van der Waals surface area contributed by atoms with Crippen LogP contribution < -0.4 is 5.32 Å². The molecule has 3 aromatic rings. The van der Waals surface area contributed by atoms with Gasteiger partial charge >= 0.3 is 0 Å². The molecular formula is C16H17N5O2S. The molecule has 24 heavy (non-hydrogen) atoms. The number of rotatable bonds is 6. The molecule has 7 nitrogen and oxygen atoms in total. The van der Waals surface area contributed by atoms with Gasteiger partial charge in [-0.05, 0) is 34.5 Å². The zero-order valence-corrected chi connectivity index (χ0v) is 13.9. The molecule has 0 radical (unpaired) electrons. The van der Waals surface area contributed by atoms with Crippen LogP contribution in [0.4, 0.5) is 0 Å². The molecule has 1 atom stereocenters. The number of thiophene rings is 1. The topological polar surface area (TPSA) is 92.9 Å². The van der Waals surface area contributed by atoms with Crippen molar-refractivity contribution in [1.29, 1.82) is 0 Å². The van der Waals surface area contributed by atoms with Crippen LogP contribution in [-0.2, 0) is 16.9 Å². The van der Waals surface area contributed by atoms with E-state index in [9.17, 15) is 9.90 Å². The van der Waals surface area contributed by atoms with Crippen LogP contribution in [-0.4, -0.2) is 37.8 Å². The van der Waals surface area contributed by atoms with E-state index in [1.807, 2.05) is 47.2 Å². The Labute approximate surface area is 142 Å². The lowest BCUT2D eigenvalue weighted by molar-refractivity contribution is -0.123. The Morgan fingerprint density at radius 1 is 1.33 bits per heavy atom. The van der Waals surface area contributed by atoms with Gasteiger partial charge < -0.3 is 10.4 Å². The largest absolute Gasteiger partial charge is 0.384 e. The van der Waals surface area contributed by atoms with E-state index < -0.39 is 5.60 Å². The number of hydrogen-bond acceptors (Lipinski definition) is 6. The van der Waals surface area contributed by atoms with Gasteiger partial charge in [-0.25, -0.2) is 0 Å². The third-order valence-electron chi connectivity index (χ3n) is 3.54. The highest BCUT2D eigenvalue weighted by molar-refractivity contribution is 7.08. The Bertz CT molecular complexity index is 799. The van der Waals surface area contributed by atoms with Crippen LogP contribution in [0.1, 0.15) is 12.5 Å². The highest BCUT2D eigenvalue weighted by Gasteiger charge is 2.24. The Morgan fingerprint density at radius 2 is 2.12 bits per heavy atom. The van der Waals surface area contributed by atoms with E-state index in [0.29, 0.717) is 5.82 Å². The number of carbonyl (C=O) groups is 1. The number of tetrazole rings is 1. The second-order valence-corrected chi connectivity index (χ2v) is 6.35. The monoisotopic (exact) mass is 343 g/mol. The first kappa shape index (κ1) is 16.3. The second-order valence-electron chi connectivity index (χ2n) is 5.57. The van der Waals surface area contributed by atoms with Gasteiger partial charge in [0.2, 0.25) is 11.7 Å². The van der Waals surface area contributed by atoms with Crippen LogP contribution in [0.3, 0.4) is 0 Å². The Balaban J connectivity index is 1.57. The van der Waals surface area contributed by atoms with Crippen molar-refractivity contribution in [3.8, 4) is 11.4 Å². The van der Waals surface area contributed by atoms with Gasteiger partial charge in [0.1, 0.15) is 12.1 Å². The minimum absolute atomic E-state index is 0.0560. The number of benzene rings is 1. The van der Waals surface area contributed by atoms with E-state index in [4.69, 9.17) is 0 Å². The Hall–Kier alpha value is -2.58. The number of carbonyl (C=O) groups excluding carboxylic acids is 1. The summed E-state index contributed by atoms with van der Waals surface area (Å²) < 4.78 is 0. The quantitative estimate of drug-likeness (QED) is 0.706. The lowest BCUT2D eigenvalue weighted by Crippen LogP contribution is -2.40. The highest BCUT2D eigenvalue weighted by atomic mass is 32.1. The van der Waals surface area contributed by atoms with E-state index in [1.54, 1.807) is 6.92 Å². The van der Waals surface area contributed by atoms with Gasteiger partial charge in [-0.3, -0.25) is 4.79 Å². The fraction of sp³-hybridized carbons (Fsp3) is 0.250. The van der Waals surface area contributed by atoms with Crippen molar-refractivity contribution in [2.24, 2.45) is 0 Å². The van der Waals surface area contributed by atoms with Crippen LogP contribution in [0.2, 0.25) is 0 Å². The first-order valence-electron chi connectivity index (χ1n) is 7.39.